The minimum Gasteiger partial charge on any atom is -0.465 e. The molecule has 0 saturated carbocycles. The summed E-state index contributed by atoms with van der Waals surface area (Å²) in [5.41, 5.74) is 0. The quantitative estimate of drug-likeness (QED) is 0.783. The molecule has 1 unspecified atom stereocenters. The van der Waals surface area contributed by atoms with Gasteiger partial charge in [0.25, 0.3) is 0 Å². The highest BCUT2D eigenvalue weighted by molar-refractivity contribution is 5.65. The second-order valence-electron chi connectivity index (χ2n) is 4.91. The van der Waals surface area contributed by atoms with Gasteiger partial charge in [0, 0.05) is 6.54 Å². The summed E-state index contributed by atoms with van der Waals surface area (Å²) in [5.74, 6) is 0. The minimum absolute atomic E-state index is 0.0659. The van der Waals surface area contributed by atoms with Gasteiger partial charge in [0.15, 0.2) is 0 Å². The Morgan fingerprint density at radius 1 is 1.29 bits per heavy atom. The van der Waals surface area contributed by atoms with Crippen molar-refractivity contribution in [2.75, 3.05) is 26.2 Å². The van der Waals surface area contributed by atoms with Crippen LogP contribution in [0.25, 0.3) is 0 Å². The molecular weight excluding hydrogens is 220 g/mol. The fourth-order valence-electron chi connectivity index (χ4n) is 2.63. The van der Waals surface area contributed by atoms with Crippen LogP contribution in [0.2, 0.25) is 0 Å². The zero-order valence-electron chi connectivity index (χ0n) is 10.2. The smallest absolute Gasteiger partial charge is 0.407 e. The second-order valence-corrected chi connectivity index (χ2v) is 4.91. The maximum Gasteiger partial charge on any atom is 0.407 e. The van der Waals surface area contributed by atoms with Crippen molar-refractivity contribution in [1.29, 1.82) is 0 Å². The molecule has 2 N–H and O–H groups in total. The van der Waals surface area contributed by atoms with E-state index in [1.165, 1.54) is 0 Å². The number of hydrogen-bond acceptors (Lipinski definition) is 3. The predicted molar refractivity (Wildman–Crippen MR) is 64.2 cm³/mol. The number of nitrogens with one attached hydrogen (secondary N) is 1. The maximum atomic E-state index is 11.1. The average Bonchev–Trinajstić information content (AvgIpc) is 2.38. The van der Waals surface area contributed by atoms with Crippen molar-refractivity contribution < 1.29 is 14.6 Å². The van der Waals surface area contributed by atoms with Gasteiger partial charge in [-0.3, -0.25) is 0 Å². The van der Waals surface area contributed by atoms with Gasteiger partial charge in [-0.2, -0.15) is 0 Å². The minimum atomic E-state index is -0.802. The summed E-state index contributed by atoms with van der Waals surface area (Å²) in [5, 5.41) is 12.4. The highest BCUT2D eigenvalue weighted by atomic mass is 16.5. The SMILES string of the molecule is O=C(O)N1CCCCC1COC1CCNCC1. The fraction of sp³-hybridized carbons (Fsp3) is 0.917. The highest BCUT2D eigenvalue weighted by Gasteiger charge is 2.27. The molecule has 2 rings (SSSR count). The normalized spacial score (nSPS) is 27.1. The summed E-state index contributed by atoms with van der Waals surface area (Å²) in [6.07, 6.45) is 4.63. The molecule has 2 aliphatic rings. The Morgan fingerprint density at radius 3 is 2.76 bits per heavy atom. The van der Waals surface area contributed by atoms with Crippen LogP contribution in [-0.4, -0.2) is 54.5 Å². The van der Waals surface area contributed by atoms with E-state index in [0.29, 0.717) is 19.3 Å². The van der Waals surface area contributed by atoms with Crippen molar-refractivity contribution in [3.63, 3.8) is 0 Å². The Balaban J connectivity index is 1.77. The summed E-state index contributed by atoms with van der Waals surface area (Å²) in [7, 11) is 0. The zero-order chi connectivity index (χ0) is 12.1. The summed E-state index contributed by atoms with van der Waals surface area (Å²) < 4.78 is 5.86. The van der Waals surface area contributed by atoms with Crippen molar-refractivity contribution in [1.82, 2.24) is 10.2 Å². The standard InChI is InChI=1S/C12H22N2O3/c15-12(16)14-8-2-1-3-10(14)9-17-11-4-6-13-7-5-11/h10-11,13H,1-9H2,(H,15,16). The van der Waals surface area contributed by atoms with Crippen molar-refractivity contribution in [2.45, 2.75) is 44.2 Å². The molecule has 1 amide bonds. The lowest BCUT2D eigenvalue weighted by atomic mass is 10.0. The monoisotopic (exact) mass is 242 g/mol. The summed E-state index contributed by atoms with van der Waals surface area (Å²) >= 11 is 0. The first-order chi connectivity index (χ1) is 8.27. The van der Waals surface area contributed by atoms with Crippen LogP contribution in [-0.2, 0) is 4.74 Å². The van der Waals surface area contributed by atoms with E-state index in [-0.39, 0.29) is 6.04 Å². The molecule has 0 bridgehead atoms. The van der Waals surface area contributed by atoms with Crippen LogP contribution in [0.4, 0.5) is 4.79 Å². The van der Waals surface area contributed by atoms with Crippen LogP contribution in [0.15, 0.2) is 0 Å². The first-order valence-corrected chi connectivity index (χ1v) is 6.59. The lowest BCUT2D eigenvalue weighted by molar-refractivity contribution is -0.0112. The molecule has 0 aliphatic carbocycles. The number of rotatable bonds is 3. The average molecular weight is 242 g/mol. The molecule has 0 radical (unpaired) electrons. The molecule has 17 heavy (non-hydrogen) atoms. The molecule has 1 atom stereocenters. The third-order valence-electron chi connectivity index (χ3n) is 3.68. The van der Waals surface area contributed by atoms with E-state index in [0.717, 1.165) is 45.2 Å². The molecule has 2 aliphatic heterocycles. The maximum absolute atomic E-state index is 11.1. The first kappa shape index (κ1) is 12.6. The van der Waals surface area contributed by atoms with E-state index in [4.69, 9.17) is 9.84 Å². The molecule has 5 heteroatoms. The number of carboxylic acid groups (broad SMARTS) is 1. The predicted octanol–water partition coefficient (Wildman–Crippen LogP) is 1.29. The largest absolute Gasteiger partial charge is 0.465 e. The van der Waals surface area contributed by atoms with Gasteiger partial charge in [-0.15, -0.1) is 0 Å². The Bertz CT molecular complexity index is 254. The van der Waals surface area contributed by atoms with Gasteiger partial charge in [-0.1, -0.05) is 0 Å². The Labute approximate surface area is 102 Å². The van der Waals surface area contributed by atoms with E-state index >= 15 is 0 Å². The number of ether oxygens (including phenoxy) is 1. The second kappa shape index (κ2) is 6.21. The van der Waals surface area contributed by atoms with Crippen molar-refractivity contribution in [2.24, 2.45) is 0 Å². The van der Waals surface area contributed by atoms with Crippen molar-refractivity contribution >= 4 is 6.09 Å². The van der Waals surface area contributed by atoms with E-state index < -0.39 is 6.09 Å². The molecule has 0 aromatic heterocycles. The molecule has 0 aromatic rings. The van der Waals surface area contributed by atoms with Crippen molar-refractivity contribution in [3.8, 4) is 0 Å². The van der Waals surface area contributed by atoms with Gasteiger partial charge < -0.3 is 20.1 Å². The number of likely N-dealkylation sites (tertiary alicyclic amines) is 1. The molecule has 0 aromatic carbocycles. The van der Waals surface area contributed by atoms with Crippen LogP contribution in [0.3, 0.4) is 0 Å². The van der Waals surface area contributed by atoms with Crippen LogP contribution in [0, 0.1) is 0 Å². The van der Waals surface area contributed by atoms with Crippen LogP contribution < -0.4 is 5.32 Å². The number of amides is 1. The zero-order valence-corrected chi connectivity index (χ0v) is 10.2. The highest BCUT2D eigenvalue weighted by Crippen LogP contribution is 2.19. The third kappa shape index (κ3) is 3.57. The van der Waals surface area contributed by atoms with Crippen LogP contribution in [0.1, 0.15) is 32.1 Å². The van der Waals surface area contributed by atoms with Crippen LogP contribution >= 0.6 is 0 Å². The molecule has 2 saturated heterocycles. The summed E-state index contributed by atoms with van der Waals surface area (Å²) in [6, 6.07) is 0.0659. The Kier molecular flexibility index (Phi) is 4.62. The first-order valence-electron chi connectivity index (χ1n) is 6.59. The van der Waals surface area contributed by atoms with Gasteiger partial charge in [0.1, 0.15) is 0 Å². The number of nitrogens with zero attached hydrogens (tertiary/aromatic N) is 1. The van der Waals surface area contributed by atoms with E-state index in [1.54, 1.807) is 4.90 Å². The number of piperidine rings is 2. The van der Waals surface area contributed by atoms with Gasteiger partial charge in [-0.05, 0) is 45.2 Å². The third-order valence-corrected chi connectivity index (χ3v) is 3.68. The Hall–Kier alpha value is -0.810. The molecule has 5 nitrogen and oxygen atoms in total. The van der Waals surface area contributed by atoms with Crippen molar-refractivity contribution in [3.05, 3.63) is 0 Å². The molecule has 2 fully saturated rings. The van der Waals surface area contributed by atoms with E-state index in [9.17, 15) is 4.79 Å². The summed E-state index contributed by atoms with van der Waals surface area (Å²) in [6.45, 7) is 3.25. The molecular formula is C12H22N2O3. The van der Waals surface area contributed by atoms with E-state index in [1.807, 2.05) is 0 Å². The van der Waals surface area contributed by atoms with Gasteiger partial charge in [0.05, 0.1) is 18.8 Å². The fourth-order valence-corrected chi connectivity index (χ4v) is 2.63. The lowest BCUT2D eigenvalue weighted by Gasteiger charge is -2.34. The van der Waals surface area contributed by atoms with Gasteiger partial charge in [0.2, 0.25) is 0 Å². The molecule has 2 heterocycles. The topological polar surface area (TPSA) is 61.8 Å². The van der Waals surface area contributed by atoms with Gasteiger partial charge >= 0.3 is 6.09 Å². The van der Waals surface area contributed by atoms with E-state index in [2.05, 4.69) is 5.32 Å². The number of carbonyl (C=O) groups is 1. The Morgan fingerprint density at radius 2 is 2.06 bits per heavy atom. The molecule has 0 spiro atoms. The summed E-state index contributed by atoms with van der Waals surface area (Å²) in [4.78, 5) is 12.6. The number of hydrogen-bond donors (Lipinski definition) is 2. The molecule has 98 valence electrons. The van der Waals surface area contributed by atoms with Gasteiger partial charge in [-0.25, -0.2) is 4.79 Å². The lowest BCUT2D eigenvalue weighted by Crippen LogP contribution is -2.46. The van der Waals surface area contributed by atoms with Crippen LogP contribution in [0.5, 0.6) is 0 Å².